The number of nitrogens with zero attached hydrogens (tertiary/aromatic N) is 1. The molecule has 198 valence electrons. The molecule has 0 amide bonds. The zero-order chi connectivity index (χ0) is 27.2. The molecule has 0 heterocycles. The van der Waals surface area contributed by atoms with Crippen LogP contribution in [-0.2, 0) is 20.7 Å². The number of hydrogen-bond acceptors (Lipinski definition) is 8. The number of nitro groups is 1. The number of nitrogens with two attached hydrogens (primary N) is 1. The first-order valence-electron chi connectivity index (χ1n) is 12.1. The van der Waals surface area contributed by atoms with Crippen molar-refractivity contribution in [3.8, 4) is 22.6 Å². The monoisotopic (exact) mass is 520 g/mol. The molecule has 3 aromatic carbocycles. The summed E-state index contributed by atoms with van der Waals surface area (Å²) in [4.78, 5) is 34.7. The van der Waals surface area contributed by atoms with Crippen molar-refractivity contribution in [3.63, 3.8) is 0 Å². The minimum absolute atomic E-state index is 0.0401. The van der Waals surface area contributed by atoms with Gasteiger partial charge in [-0.2, -0.15) is 0 Å². The second-order valence-corrected chi connectivity index (χ2v) is 8.90. The average Bonchev–Trinajstić information content (AvgIpc) is 3.23. The van der Waals surface area contributed by atoms with E-state index in [9.17, 15) is 19.7 Å². The highest BCUT2D eigenvalue weighted by atomic mass is 16.6. The van der Waals surface area contributed by atoms with Crippen LogP contribution in [0.5, 0.6) is 11.5 Å². The first-order chi connectivity index (χ1) is 18.3. The molecule has 1 unspecified atom stereocenters. The summed E-state index contributed by atoms with van der Waals surface area (Å²) in [5.41, 5.74) is 10.3. The van der Waals surface area contributed by atoms with Crippen molar-refractivity contribution in [2.45, 2.75) is 31.2 Å². The Balaban J connectivity index is 1.45. The largest absolute Gasteiger partial charge is 0.493 e. The molecule has 1 atom stereocenters. The zero-order valence-electron chi connectivity index (χ0n) is 20.8. The van der Waals surface area contributed by atoms with Crippen molar-refractivity contribution in [1.82, 2.24) is 0 Å². The number of fused-ring (bicyclic) bond motifs is 3. The number of carbonyl (C=O) groups is 2. The summed E-state index contributed by atoms with van der Waals surface area (Å²) < 4.78 is 16.4. The predicted molar refractivity (Wildman–Crippen MR) is 138 cm³/mol. The maximum atomic E-state index is 12.8. The molecule has 0 fully saturated rings. The van der Waals surface area contributed by atoms with Crippen LogP contribution in [0.4, 0.5) is 5.69 Å². The Kier molecular flexibility index (Phi) is 8.22. The summed E-state index contributed by atoms with van der Waals surface area (Å²) >= 11 is 0. The second kappa shape index (κ2) is 11.7. The first kappa shape index (κ1) is 26.6. The van der Waals surface area contributed by atoms with Gasteiger partial charge in [0.2, 0.25) is 0 Å². The fraction of sp³-hybridized carbons (Fsp3) is 0.286. The molecule has 1 aliphatic rings. The number of rotatable bonds is 12. The Morgan fingerprint density at radius 2 is 1.68 bits per heavy atom. The molecule has 0 aliphatic heterocycles. The van der Waals surface area contributed by atoms with Crippen molar-refractivity contribution in [1.29, 1.82) is 0 Å². The van der Waals surface area contributed by atoms with E-state index < -0.39 is 22.9 Å². The third kappa shape index (κ3) is 5.76. The molecule has 0 spiro atoms. The Hall–Kier alpha value is -4.44. The summed E-state index contributed by atoms with van der Waals surface area (Å²) in [6, 6.07) is 17.4. The lowest BCUT2D eigenvalue weighted by molar-refractivity contribution is -0.385. The van der Waals surface area contributed by atoms with Crippen LogP contribution in [0.25, 0.3) is 11.1 Å². The summed E-state index contributed by atoms with van der Waals surface area (Å²) in [5.74, 6) is -1.47. The van der Waals surface area contributed by atoms with Gasteiger partial charge in [0.25, 0.3) is 5.69 Å². The van der Waals surface area contributed by atoms with Gasteiger partial charge in [-0.3, -0.25) is 19.7 Å². The maximum Gasteiger partial charge on any atom is 0.323 e. The number of carbonyl (C=O) groups excluding carboxylic acids is 1. The molecule has 0 saturated heterocycles. The smallest absolute Gasteiger partial charge is 0.323 e. The molecular formula is C28H28N2O8. The van der Waals surface area contributed by atoms with Crippen molar-refractivity contribution in [2.75, 3.05) is 20.3 Å². The molecule has 38 heavy (non-hydrogen) atoms. The number of benzene rings is 3. The number of esters is 1. The molecule has 1 aliphatic carbocycles. The Morgan fingerprint density at radius 3 is 2.26 bits per heavy atom. The molecule has 3 N–H and O–H groups in total. The number of carboxylic acid groups (broad SMARTS) is 1. The summed E-state index contributed by atoms with van der Waals surface area (Å²) in [6.07, 6.45) is -0.0270. The van der Waals surface area contributed by atoms with E-state index in [-0.39, 0.29) is 61.1 Å². The molecule has 0 saturated carbocycles. The Bertz CT molecular complexity index is 1310. The molecular weight excluding hydrogens is 492 g/mol. The van der Waals surface area contributed by atoms with Crippen molar-refractivity contribution in [3.05, 3.63) is 87.5 Å². The van der Waals surface area contributed by atoms with Gasteiger partial charge in [0.15, 0.2) is 11.5 Å². The zero-order valence-corrected chi connectivity index (χ0v) is 20.8. The molecule has 4 rings (SSSR count). The lowest BCUT2D eigenvalue weighted by atomic mass is 9.98. The number of aliphatic carboxylic acids is 1. The third-order valence-electron chi connectivity index (χ3n) is 6.45. The van der Waals surface area contributed by atoms with E-state index in [1.165, 1.54) is 19.2 Å². The predicted octanol–water partition coefficient (Wildman–Crippen LogP) is 4.07. The molecule has 0 bridgehead atoms. The van der Waals surface area contributed by atoms with Crippen molar-refractivity contribution in [2.24, 2.45) is 5.73 Å². The number of methoxy groups -OCH3 is 1. The number of ether oxygens (including phenoxy) is 3. The molecule has 0 radical (unpaired) electrons. The highest BCUT2D eigenvalue weighted by molar-refractivity contribution is 5.80. The van der Waals surface area contributed by atoms with Gasteiger partial charge >= 0.3 is 11.9 Å². The Morgan fingerprint density at radius 1 is 1.05 bits per heavy atom. The van der Waals surface area contributed by atoms with Gasteiger partial charge in [-0.05, 0) is 34.7 Å². The van der Waals surface area contributed by atoms with Gasteiger partial charge in [0, 0.05) is 24.3 Å². The lowest BCUT2D eigenvalue weighted by Gasteiger charge is -2.17. The third-order valence-corrected chi connectivity index (χ3v) is 6.45. The van der Waals surface area contributed by atoms with E-state index >= 15 is 0 Å². The van der Waals surface area contributed by atoms with Crippen LogP contribution in [0, 0.1) is 10.1 Å². The minimum Gasteiger partial charge on any atom is -0.493 e. The van der Waals surface area contributed by atoms with Gasteiger partial charge in [-0.1, -0.05) is 48.5 Å². The normalized spacial score (nSPS) is 12.8. The highest BCUT2D eigenvalue weighted by Gasteiger charge is 2.30. The van der Waals surface area contributed by atoms with Crippen LogP contribution in [0.1, 0.15) is 35.4 Å². The van der Waals surface area contributed by atoms with Crippen LogP contribution in [0.3, 0.4) is 0 Å². The number of hydrogen-bond donors (Lipinski definition) is 2. The fourth-order valence-corrected chi connectivity index (χ4v) is 4.63. The number of carboxylic acids is 1. The van der Waals surface area contributed by atoms with E-state index in [0.717, 1.165) is 22.3 Å². The van der Waals surface area contributed by atoms with Gasteiger partial charge in [0.1, 0.15) is 12.6 Å². The summed E-state index contributed by atoms with van der Waals surface area (Å²) in [5, 5.41) is 20.5. The average molecular weight is 521 g/mol. The SMILES string of the molecule is COc1cc(CC(N)C(=O)OCC2c3ccccc3-c3ccccc32)c([N+](=O)[O-])cc1OCCCC(=O)O. The van der Waals surface area contributed by atoms with E-state index in [0.29, 0.717) is 0 Å². The van der Waals surface area contributed by atoms with Gasteiger partial charge in [-0.15, -0.1) is 0 Å². The summed E-state index contributed by atoms with van der Waals surface area (Å²) in [7, 11) is 1.38. The van der Waals surface area contributed by atoms with Crippen LogP contribution in [0.2, 0.25) is 0 Å². The topological polar surface area (TPSA) is 151 Å². The van der Waals surface area contributed by atoms with E-state index in [4.69, 9.17) is 25.1 Å². The first-order valence-corrected chi connectivity index (χ1v) is 12.1. The number of nitro benzene ring substituents is 1. The van der Waals surface area contributed by atoms with Gasteiger partial charge < -0.3 is 25.1 Å². The molecule has 10 nitrogen and oxygen atoms in total. The Labute approximate surface area is 219 Å². The van der Waals surface area contributed by atoms with E-state index in [1.54, 1.807) is 0 Å². The standard InChI is InChI=1S/C28H28N2O8/c1-36-25-14-17(24(30(34)35)15-26(25)37-12-6-11-27(31)32)13-23(29)28(33)38-16-22-20-9-4-2-7-18(20)19-8-3-5-10-21(19)22/h2-5,7-10,14-15,22-23H,6,11-13,16,29H2,1H3,(H,31,32). The van der Waals surface area contributed by atoms with Crippen LogP contribution in [-0.4, -0.2) is 48.3 Å². The quantitative estimate of drug-likeness (QED) is 0.156. The maximum absolute atomic E-state index is 12.8. The van der Waals surface area contributed by atoms with Crippen molar-refractivity contribution < 1.29 is 33.8 Å². The van der Waals surface area contributed by atoms with Crippen LogP contribution >= 0.6 is 0 Å². The van der Waals surface area contributed by atoms with Gasteiger partial charge in [0.05, 0.1) is 24.7 Å². The van der Waals surface area contributed by atoms with E-state index in [2.05, 4.69) is 0 Å². The molecule has 3 aromatic rings. The van der Waals surface area contributed by atoms with E-state index in [1.807, 2.05) is 48.5 Å². The van der Waals surface area contributed by atoms with Crippen LogP contribution in [0.15, 0.2) is 60.7 Å². The summed E-state index contributed by atoms with van der Waals surface area (Å²) in [6.45, 7) is 0.132. The van der Waals surface area contributed by atoms with Gasteiger partial charge in [-0.25, -0.2) is 0 Å². The molecule has 0 aromatic heterocycles. The molecule has 10 heteroatoms. The lowest BCUT2D eigenvalue weighted by Crippen LogP contribution is -2.35. The van der Waals surface area contributed by atoms with Crippen molar-refractivity contribution >= 4 is 17.6 Å². The highest BCUT2D eigenvalue weighted by Crippen LogP contribution is 2.44. The van der Waals surface area contributed by atoms with Crippen LogP contribution < -0.4 is 15.2 Å². The second-order valence-electron chi connectivity index (χ2n) is 8.90. The fourth-order valence-electron chi connectivity index (χ4n) is 4.63. The minimum atomic E-state index is -1.15.